The van der Waals surface area contributed by atoms with Crippen LogP contribution in [0.1, 0.15) is 181 Å². The fraction of sp³-hybridized carbons (Fsp3) is 0.706. The molecule has 8 nitrogen and oxygen atoms in total. The van der Waals surface area contributed by atoms with Crippen LogP contribution < -0.4 is 5.11 Å². The van der Waals surface area contributed by atoms with Crippen LogP contribution in [0.25, 0.3) is 0 Å². The van der Waals surface area contributed by atoms with Crippen molar-refractivity contribution in [2.24, 2.45) is 0 Å². The molecule has 0 bridgehead atoms. The van der Waals surface area contributed by atoms with E-state index in [0.717, 1.165) is 64.2 Å². The van der Waals surface area contributed by atoms with Gasteiger partial charge < -0.3 is 28.6 Å². The number of carboxylic acids is 1. The Balaban J connectivity index is 4.34. The summed E-state index contributed by atoms with van der Waals surface area (Å²) in [5.41, 5.74) is 0. The summed E-state index contributed by atoms with van der Waals surface area (Å²) < 4.78 is 17.1. The number of likely N-dealkylation sites (N-methyl/N-ethyl adjacent to an activating group) is 1. The Hall–Kier alpha value is -3.23. The topological polar surface area (TPSA) is 102 Å². The highest BCUT2D eigenvalue weighted by Crippen LogP contribution is 2.14. The van der Waals surface area contributed by atoms with Gasteiger partial charge in [0.25, 0.3) is 0 Å². The maximum Gasteiger partial charge on any atom is 0.306 e. The van der Waals surface area contributed by atoms with Crippen LogP contribution in [-0.4, -0.2) is 75.5 Å². The summed E-state index contributed by atoms with van der Waals surface area (Å²) >= 11 is 0. The molecule has 2 unspecified atom stereocenters. The second-order valence-electron chi connectivity index (χ2n) is 16.6. The zero-order chi connectivity index (χ0) is 43.5. The van der Waals surface area contributed by atoms with Crippen LogP contribution in [0.5, 0.6) is 0 Å². The summed E-state index contributed by atoms with van der Waals surface area (Å²) in [7, 11) is 5.39. The second kappa shape index (κ2) is 41.5. The van der Waals surface area contributed by atoms with Gasteiger partial charge in [0, 0.05) is 19.3 Å². The lowest BCUT2D eigenvalue weighted by Gasteiger charge is -2.34. The van der Waals surface area contributed by atoms with Crippen LogP contribution in [-0.2, 0) is 28.6 Å². The van der Waals surface area contributed by atoms with Gasteiger partial charge in [-0.2, -0.15) is 0 Å². The maximum absolute atomic E-state index is 12.7. The van der Waals surface area contributed by atoms with E-state index in [2.05, 4.69) is 80.7 Å². The summed E-state index contributed by atoms with van der Waals surface area (Å²) in [6.07, 6.45) is 52.3. The van der Waals surface area contributed by atoms with E-state index in [-0.39, 0.29) is 49.1 Å². The normalized spacial score (nSPS) is 13.6. The predicted molar refractivity (Wildman–Crippen MR) is 245 cm³/mol. The van der Waals surface area contributed by atoms with Crippen molar-refractivity contribution in [3.63, 3.8) is 0 Å². The third-order valence-corrected chi connectivity index (χ3v) is 10.1. The lowest BCUT2D eigenvalue weighted by atomic mass is 10.1. The van der Waals surface area contributed by atoms with Gasteiger partial charge in [0.2, 0.25) is 0 Å². The van der Waals surface area contributed by atoms with E-state index in [1.807, 2.05) is 6.08 Å². The molecule has 0 aromatic heterocycles. The molecule has 0 radical (unpaired) electrons. The molecule has 0 N–H and O–H groups in total. The monoisotopic (exact) mass is 826 g/mol. The molecule has 0 aliphatic carbocycles. The van der Waals surface area contributed by atoms with Crippen LogP contribution in [0.4, 0.5) is 0 Å². The first kappa shape index (κ1) is 55.8. The maximum atomic E-state index is 12.7. The number of ether oxygens (including phenoxy) is 3. The van der Waals surface area contributed by atoms with E-state index in [9.17, 15) is 19.5 Å². The van der Waals surface area contributed by atoms with Gasteiger partial charge in [0.1, 0.15) is 12.6 Å². The lowest BCUT2D eigenvalue weighted by Crippen LogP contribution is -2.55. The van der Waals surface area contributed by atoms with Crippen LogP contribution in [0, 0.1) is 0 Å². The number of allylic oxidation sites excluding steroid dienone is 12. The summed E-state index contributed by atoms with van der Waals surface area (Å²) in [5, 5.41) is 11.6. The Kier molecular flexibility index (Phi) is 39.2. The van der Waals surface area contributed by atoms with Crippen LogP contribution in [0.3, 0.4) is 0 Å². The molecule has 2 atom stereocenters. The third kappa shape index (κ3) is 40.0. The van der Waals surface area contributed by atoms with Crippen LogP contribution in [0.15, 0.2) is 72.9 Å². The number of aliphatic carboxylic acids is 1. The van der Waals surface area contributed by atoms with E-state index in [0.29, 0.717) is 12.8 Å². The quantitative estimate of drug-likeness (QED) is 0.0262. The van der Waals surface area contributed by atoms with Gasteiger partial charge in [-0.1, -0.05) is 164 Å². The van der Waals surface area contributed by atoms with Crippen molar-refractivity contribution < 1.29 is 38.2 Å². The van der Waals surface area contributed by atoms with Gasteiger partial charge in [-0.3, -0.25) is 9.59 Å². The number of nitrogens with zero attached hydrogens (tertiary/aromatic N) is 1. The predicted octanol–water partition coefficient (Wildman–Crippen LogP) is 11.8. The minimum absolute atomic E-state index is 0.0182. The van der Waals surface area contributed by atoms with E-state index >= 15 is 0 Å². The summed E-state index contributed by atoms with van der Waals surface area (Å²) in [4.78, 5) is 36.9. The average Bonchev–Trinajstić information content (AvgIpc) is 3.19. The lowest BCUT2D eigenvalue weighted by molar-refractivity contribution is -0.889. The SMILES string of the molecule is CC/C=C/C/C=C/C/C=C/C/C=C/CCCCCCCCCCCC(=O)OC(COCCC(C(=O)[O-])[N+](C)(C)C)COC(=O)CC/C=C/C/C=C/CCCCCCCC. The number of esters is 2. The van der Waals surface area contributed by atoms with Crippen molar-refractivity contribution in [3.8, 4) is 0 Å². The molecule has 0 heterocycles. The first-order chi connectivity index (χ1) is 28.6. The number of unbranched alkanes of at least 4 members (excludes halogenated alkanes) is 15. The van der Waals surface area contributed by atoms with E-state index in [1.165, 1.54) is 77.0 Å². The Bertz CT molecular complexity index is 1190. The van der Waals surface area contributed by atoms with E-state index in [4.69, 9.17) is 14.2 Å². The summed E-state index contributed by atoms with van der Waals surface area (Å²) in [6, 6.07) is -0.737. The summed E-state index contributed by atoms with van der Waals surface area (Å²) in [5.74, 6) is -1.83. The number of hydrogen-bond donors (Lipinski definition) is 0. The van der Waals surface area contributed by atoms with Crippen molar-refractivity contribution in [3.05, 3.63) is 72.9 Å². The van der Waals surface area contributed by atoms with E-state index < -0.39 is 18.1 Å². The molecule has 0 saturated heterocycles. The molecule has 0 aromatic rings. The summed E-state index contributed by atoms with van der Waals surface area (Å²) in [6.45, 7) is 4.47. The third-order valence-electron chi connectivity index (χ3n) is 10.1. The van der Waals surface area contributed by atoms with Gasteiger partial charge in [-0.25, -0.2) is 0 Å². The zero-order valence-electron chi connectivity index (χ0n) is 38.4. The van der Waals surface area contributed by atoms with Gasteiger partial charge >= 0.3 is 11.9 Å². The van der Waals surface area contributed by atoms with Gasteiger partial charge in [0.05, 0.1) is 40.3 Å². The number of carbonyl (C=O) groups excluding carboxylic acids is 3. The minimum Gasteiger partial charge on any atom is -0.544 e. The second-order valence-corrected chi connectivity index (χ2v) is 16.6. The molecule has 0 amide bonds. The Morgan fingerprint density at radius 3 is 1.47 bits per heavy atom. The molecule has 59 heavy (non-hydrogen) atoms. The Morgan fingerprint density at radius 1 is 0.525 bits per heavy atom. The van der Waals surface area contributed by atoms with Gasteiger partial charge in [-0.05, 0) is 70.6 Å². The van der Waals surface area contributed by atoms with Crippen LogP contribution in [0.2, 0.25) is 0 Å². The fourth-order valence-corrected chi connectivity index (χ4v) is 6.47. The first-order valence-electron chi connectivity index (χ1n) is 23.5. The molecule has 0 aliphatic heterocycles. The molecule has 338 valence electrons. The molecule has 0 aliphatic rings. The first-order valence-corrected chi connectivity index (χ1v) is 23.5. The standard InChI is InChI=1S/C51H87NO7/c1-6-8-10-12-14-16-18-20-21-22-23-24-25-26-27-28-30-32-34-36-38-40-42-50(54)59-47(45-57-44-43-48(51(55)56)52(3,4)5)46-58-49(53)41-39-37-35-33-31-29-19-17-15-13-11-9-7-2/h8,10,14,16,20-21,23-24,29,31,35,37,47-48H,6-7,9,11-13,15,17-19,22,25-28,30,32-34,36,38-46H2,1-5H3/b10-8+,16-14+,21-20+,24-23+,31-29+,37-35+. The largest absolute Gasteiger partial charge is 0.544 e. The van der Waals surface area contributed by atoms with Crippen molar-refractivity contribution >= 4 is 17.9 Å². The molecular weight excluding hydrogens is 739 g/mol. The average molecular weight is 826 g/mol. The van der Waals surface area contributed by atoms with Crippen molar-refractivity contribution in [2.75, 3.05) is 41.0 Å². The number of carboxylic acid groups (broad SMARTS) is 1. The van der Waals surface area contributed by atoms with Crippen molar-refractivity contribution in [1.82, 2.24) is 0 Å². The number of hydrogen-bond acceptors (Lipinski definition) is 7. The molecule has 0 spiro atoms. The van der Waals surface area contributed by atoms with Crippen LogP contribution >= 0.6 is 0 Å². The molecule has 8 heteroatoms. The Labute approximate surface area is 361 Å². The molecule has 0 rings (SSSR count). The van der Waals surface area contributed by atoms with Crippen molar-refractivity contribution in [2.45, 2.75) is 193 Å². The van der Waals surface area contributed by atoms with Gasteiger partial charge in [0.15, 0.2) is 6.10 Å². The zero-order valence-corrected chi connectivity index (χ0v) is 38.4. The smallest absolute Gasteiger partial charge is 0.306 e. The highest BCUT2D eigenvalue weighted by atomic mass is 16.6. The number of rotatable bonds is 41. The molecule has 0 fully saturated rings. The highest BCUT2D eigenvalue weighted by molar-refractivity contribution is 5.70. The van der Waals surface area contributed by atoms with Gasteiger partial charge in [-0.15, -0.1) is 0 Å². The molecule has 0 saturated carbocycles. The Morgan fingerprint density at radius 2 is 0.983 bits per heavy atom. The number of quaternary nitrogens is 1. The van der Waals surface area contributed by atoms with Crippen molar-refractivity contribution in [1.29, 1.82) is 0 Å². The minimum atomic E-state index is -1.13. The molecular formula is C51H87NO7. The fourth-order valence-electron chi connectivity index (χ4n) is 6.47. The molecule has 0 aromatic carbocycles. The van der Waals surface area contributed by atoms with E-state index in [1.54, 1.807) is 21.1 Å². The number of carbonyl (C=O) groups is 3. The highest BCUT2D eigenvalue weighted by Gasteiger charge is 2.25.